The van der Waals surface area contributed by atoms with Crippen LogP contribution in [0.15, 0.2) is 12.4 Å². The molecule has 0 unspecified atom stereocenters. The Labute approximate surface area is 127 Å². The van der Waals surface area contributed by atoms with Crippen molar-refractivity contribution in [2.24, 2.45) is 0 Å². The molecular weight excluding hydrogens is 264 g/mol. The monoisotopic (exact) mass is 290 g/mol. The lowest BCUT2D eigenvalue weighted by Gasteiger charge is -2.50. The average molecular weight is 290 g/mol. The molecule has 1 aliphatic carbocycles. The highest BCUT2D eigenvalue weighted by Crippen LogP contribution is 2.37. The summed E-state index contributed by atoms with van der Waals surface area (Å²) in [5, 5.41) is 3.58. The first-order chi connectivity index (χ1) is 10.3. The zero-order valence-corrected chi connectivity index (χ0v) is 13.0. The second-order valence-corrected chi connectivity index (χ2v) is 6.18. The van der Waals surface area contributed by atoms with Crippen LogP contribution in [0, 0.1) is 0 Å². The molecule has 0 aromatic carbocycles. The smallest absolute Gasteiger partial charge is 0.218 e. The van der Waals surface area contributed by atoms with E-state index < -0.39 is 0 Å². The van der Waals surface area contributed by atoms with Crippen LogP contribution in [0.4, 0.5) is 5.82 Å². The van der Waals surface area contributed by atoms with E-state index in [0.717, 1.165) is 31.9 Å². The molecule has 116 valence electrons. The van der Waals surface area contributed by atoms with E-state index in [9.17, 15) is 0 Å². The average Bonchev–Trinajstić information content (AvgIpc) is 2.54. The largest absolute Gasteiger partial charge is 0.478 e. The third kappa shape index (κ3) is 3.12. The van der Waals surface area contributed by atoms with Crippen LogP contribution in [0.1, 0.15) is 45.4 Å². The van der Waals surface area contributed by atoms with Gasteiger partial charge in [-0.15, -0.1) is 0 Å². The highest BCUT2D eigenvalue weighted by molar-refractivity contribution is 5.45. The Morgan fingerprint density at radius 2 is 2.14 bits per heavy atom. The third-order valence-electron chi connectivity index (χ3n) is 4.68. The molecule has 1 aromatic heterocycles. The molecule has 1 aromatic rings. The minimum Gasteiger partial charge on any atom is -0.478 e. The predicted molar refractivity (Wildman–Crippen MR) is 83.8 cm³/mol. The zero-order valence-electron chi connectivity index (χ0n) is 13.0. The first-order valence-corrected chi connectivity index (χ1v) is 8.27. The van der Waals surface area contributed by atoms with Crippen LogP contribution in [0.5, 0.6) is 5.88 Å². The van der Waals surface area contributed by atoms with Gasteiger partial charge in [-0.1, -0.05) is 26.2 Å². The van der Waals surface area contributed by atoms with Gasteiger partial charge in [0.25, 0.3) is 0 Å². The molecule has 0 atom stereocenters. The lowest BCUT2D eigenvalue weighted by atomic mass is 9.79. The van der Waals surface area contributed by atoms with Gasteiger partial charge >= 0.3 is 0 Å². The van der Waals surface area contributed by atoms with Crippen molar-refractivity contribution in [2.45, 2.75) is 51.0 Å². The first kappa shape index (κ1) is 14.6. The van der Waals surface area contributed by atoms with E-state index in [1.54, 1.807) is 6.33 Å². The maximum atomic E-state index is 5.67. The van der Waals surface area contributed by atoms with Crippen LogP contribution in [-0.2, 0) is 0 Å². The minimum absolute atomic E-state index is 0.243. The van der Waals surface area contributed by atoms with Crippen LogP contribution < -0.4 is 15.0 Å². The van der Waals surface area contributed by atoms with Gasteiger partial charge in [0.15, 0.2) is 0 Å². The number of aromatic nitrogens is 2. The van der Waals surface area contributed by atoms with Gasteiger partial charge < -0.3 is 15.0 Å². The van der Waals surface area contributed by atoms with E-state index in [2.05, 4.69) is 27.1 Å². The molecule has 2 heterocycles. The van der Waals surface area contributed by atoms with E-state index in [0.29, 0.717) is 12.5 Å². The Bertz CT molecular complexity index is 451. The maximum Gasteiger partial charge on any atom is 0.218 e. The quantitative estimate of drug-likeness (QED) is 0.922. The van der Waals surface area contributed by atoms with Crippen molar-refractivity contribution in [1.82, 2.24) is 15.3 Å². The standard InChI is InChI=1S/C16H26N4O/c1-2-10-21-15-11-14(18-13-19-15)20-9-8-17-12-16(20)6-4-3-5-7-16/h11,13,17H,2-10,12H2,1H3. The van der Waals surface area contributed by atoms with Crippen molar-refractivity contribution >= 4 is 5.82 Å². The molecule has 1 saturated carbocycles. The van der Waals surface area contributed by atoms with Crippen LogP contribution >= 0.6 is 0 Å². The normalized spacial score (nSPS) is 21.5. The van der Waals surface area contributed by atoms with Crippen LogP contribution in [0.25, 0.3) is 0 Å². The molecular formula is C16H26N4O. The molecule has 1 aliphatic heterocycles. The van der Waals surface area contributed by atoms with Gasteiger partial charge in [-0.2, -0.15) is 0 Å². The molecule has 2 aliphatic rings. The van der Waals surface area contributed by atoms with Crippen molar-refractivity contribution in [1.29, 1.82) is 0 Å². The fraction of sp³-hybridized carbons (Fsp3) is 0.750. The fourth-order valence-electron chi connectivity index (χ4n) is 3.62. The molecule has 1 saturated heterocycles. The lowest BCUT2D eigenvalue weighted by Crippen LogP contribution is -2.62. The van der Waals surface area contributed by atoms with Gasteiger partial charge in [-0.25, -0.2) is 9.97 Å². The van der Waals surface area contributed by atoms with Crippen molar-refractivity contribution in [2.75, 3.05) is 31.1 Å². The summed E-state index contributed by atoms with van der Waals surface area (Å²) in [6.07, 6.45) is 9.16. The van der Waals surface area contributed by atoms with Gasteiger partial charge in [-0.3, -0.25) is 0 Å². The van der Waals surface area contributed by atoms with Crippen LogP contribution in [0.2, 0.25) is 0 Å². The summed E-state index contributed by atoms with van der Waals surface area (Å²) in [4.78, 5) is 11.3. The number of piperazine rings is 1. The Morgan fingerprint density at radius 3 is 2.95 bits per heavy atom. The van der Waals surface area contributed by atoms with E-state index in [-0.39, 0.29) is 5.54 Å². The SMILES string of the molecule is CCCOc1cc(N2CCNCC23CCCCC3)ncn1. The first-order valence-electron chi connectivity index (χ1n) is 8.27. The van der Waals surface area contributed by atoms with Gasteiger partial charge in [0.05, 0.1) is 12.1 Å². The van der Waals surface area contributed by atoms with E-state index >= 15 is 0 Å². The molecule has 5 heteroatoms. The Morgan fingerprint density at radius 1 is 1.29 bits per heavy atom. The Kier molecular flexibility index (Phi) is 4.58. The van der Waals surface area contributed by atoms with Crippen LogP contribution in [-0.4, -0.2) is 41.7 Å². The van der Waals surface area contributed by atoms with Gasteiger partial charge in [0, 0.05) is 25.7 Å². The number of hydrogen-bond donors (Lipinski definition) is 1. The third-order valence-corrected chi connectivity index (χ3v) is 4.68. The molecule has 5 nitrogen and oxygen atoms in total. The molecule has 1 N–H and O–H groups in total. The fourth-order valence-corrected chi connectivity index (χ4v) is 3.62. The summed E-state index contributed by atoms with van der Waals surface area (Å²) in [6.45, 7) is 5.93. The summed E-state index contributed by atoms with van der Waals surface area (Å²) in [6, 6.07) is 2.01. The van der Waals surface area contributed by atoms with Crippen molar-refractivity contribution in [3.8, 4) is 5.88 Å². The van der Waals surface area contributed by atoms with Crippen molar-refractivity contribution in [3.63, 3.8) is 0 Å². The molecule has 0 radical (unpaired) electrons. The molecule has 2 fully saturated rings. The van der Waals surface area contributed by atoms with Gasteiger partial charge in [0.2, 0.25) is 5.88 Å². The molecule has 21 heavy (non-hydrogen) atoms. The topological polar surface area (TPSA) is 50.3 Å². The lowest BCUT2D eigenvalue weighted by molar-refractivity contribution is 0.239. The van der Waals surface area contributed by atoms with Gasteiger partial charge in [0.1, 0.15) is 12.1 Å². The summed E-state index contributed by atoms with van der Waals surface area (Å²) in [5.74, 6) is 1.73. The maximum absolute atomic E-state index is 5.67. The number of ether oxygens (including phenoxy) is 1. The molecule has 3 rings (SSSR count). The number of nitrogens with zero attached hydrogens (tertiary/aromatic N) is 3. The van der Waals surface area contributed by atoms with E-state index in [4.69, 9.17) is 4.74 Å². The second kappa shape index (κ2) is 6.60. The van der Waals surface area contributed by atoms with E-state index in [1.165, 1.54) is 32.1 Å². The highest BCUT2D eigenvalue weighted by atomic mass is 16.5. The van der Waals surface area contributed by atoms with E-state index in [1.807, 2.05) is 6.07 Å². The number of rotatable bonds is 4. The van der Waals surface area contributed by atoms with Crippen LogP contribution in [0.3, 0.4) is 0 Å². The molecule has 0 bridgehead atoms. The van der Waals surface area contributed by atoms with Crippen molar-refractivity contribution in [3.05, 3.63) is 12.4 Å². The summed E-state index contributed by atoms with van der Waals surface area (Å²) in [5.41, 5.74) is 0.243. The number of hydrogen-bond acceptors (Lipinski definition) is 5. The minimum atomic E-state index is 0.243. The van der Waals surface area contributed by atoms with Crippen molar-refractivity contribution < 1.29 is 4.74 Å². The predicted octanol–water partition coefficient (Wildman–Crippen LogP) is 2.38. The van der Waals surface area contributed by atoms with Gasteiger partial charge in [-0.05, 0) is 19.3 Å². The highest BCUT2D eigenvalue weighted by Gasteiger charge is 2.40. The summed E-state index contributed by atoms with van der Waals surface area (Å²) in [7, 11) is 0. The number of nitrogens with one attached hydrogen (secondary N) is 1. The summed E-state index contributed by atoms with van der Waals surface area (Å²) >= 11 is 0. The zero-order chi connectivity index (χ0) is 14.5. The Balaban J connectivity index is 1.82. The summed E-state index contributed by atoms with van der Waals surface area (Å²) < 4.78 is 5.67. The Hall–Kier alpha value is -1.36. The number of anilines is 1. The molecule has 0 amide bonds. The molecule has 1 spiro atoms. The second-order valence-electron chi connectivity index (χ2n) is 6.18.